The molecule has 0 spiro atoms. The smallest absolute Gasteiger partial charge is 0.328 e. The molecule has 102 valence electrons. The summed E-state index contributed by atoms with van der Waals surface area (Å²) in [6.07, 6.45) is 0. The summed E-state index contributed by atoms with van der Waals surface area (Å²) >= 11 is 0. The molecule has 0 fully saturated rings. The van der Waals surface area contributed by atoms with E-state index in [-0.39, 0.29) is 22.2 Å². The van der Waals surface area contributed by atoms with Crippen molar-refractivity contribution in [3.8, 4) is 17.2 Å². The molecule has 0 aliphatic rings. The molecule has 3 N–H and O–H groups in total. The number of nitriles is 1. The Morgan fingerprint density at radius 3 is 2.52 bits per heavy atom. The van der Waals surface area contributed by atoms with Gasteiger partial charge in [-0.25, -0.2) is 4.79 Å². The van der Waals surface area contributed by atoms with E-state index in [4.69, 9.17) is 9.83 Å². The number of hydrogen-bond donors (Lipinski definition) is 3. The Morgan fingerprint density at radius 1 is 1.14 bits per heavy atom. The molecule has 3 aromatic rings. The fourth-order valence-corrected chi connectivity index (χ4v) is 2.16. The van der Waals surface area contributed by atoms with Gasteiger partial charge in [0.1, 0.15) is 17.0 Å². The SMILES string of the molecule is N#Cc1c(-c2ccccc2)c2c(=O)[nH]c(=O)[nH]c2oc1=N. The Morgan fingerprint density at radius 2 is 1.86 bits per heavy atom. The van der Waals surface area contributed by atoms with E-state index in [1.54, 1.807) is 30.3 Å². The van der Waals surface area contributed by atoms with Gasteiger partial charge in [0.25, 0.3) is 5.56 Å². The monoisotopic (exact) mass is 280 g/mol. The standard InChI is InChI=1S/C14H8N4O3/c15-6-8-9(7-4-2-1-3-5-7)10-12(19)17-14(20)18-13(10)21-11(8)16/h1-5,16H,(H2,17,18,19,20). The average molecular weight is 280 g/mol. The van der Waals surface area contributed by atoms with E-state index in [0.29, 0.717) is 5.56 Å². The lowest BCUT2D eigenvalue weighted by Crippen LogP contribution is -2.24. The molecule has 0 radical (unpaired) electrons. The zero-order chi connectivity index (χ0) is 15.0. The number of benzene rings is 1. The van der Waals surface area contributed by atoms with Gasteiger partial charge in [-0.1, -0.05) is 30.3 Å². The Balaban J connectivity index is 2.64. The van der Waals surface area contributed by atoms with Crippen molar-refractivity contribution in [3.05, 3.63) is 62.3 Å². The van der Waals surface area contributed by atoms with Gasteiger partial charge in [-0.2, -0.15) is 5.26 Å². The van der Waals surface area contributed by atoms with Crippen LogP contribution in [-0.2, 0) is 0 Å². The van der Waals surface area contributed by atoms with E-state index in [1.807, 2.05) is 6.07 Å². The molecular weight excluding hydrogens is 272 g/mol. The largest absolute Gasteiger partial charge is 0.421 e. The third-order valence-electron chi connectivity index (χ3n) is 3.01. The summed E-state index contributed by atoms with van der Waals surface area (Å²) in [5.41, 5.74) is -1.17. The highest BCUT2D eigenvalue weighted by molar-refractivity contribution is 5.93. The van der Waals surface area contributed by atoms with Crippen LogP contribution in [0.1, 0.15) is 5.56 Å². The van der Waals surface area contributed by atoms with Crippen LogP contribution >= 0.6 is 0 Å². The molecule has 0 saturated heterocycles. The molecule has 2 aromatic heterocycles. The van der Waals surface area contributed by atoms with Gasteiger partial charge in [-0.05, 0) is 5.56 Å². The molecule has 0 aliphatic carbocycles. The normalized spacial score (nSPS) is 10.4. The van der Waals surface area contributed by atoms with Crippen molar-refractivity contribution in [2.24, 2.45) is 0 Å². The van der Waals surface area contributed by atoms with E-state index in [1.165, 1.54) is 0 Å². The van der Waals surface area contributed by atoms with Crippen LogP contribution in [0.25, 0.3) is 22.2 Å². The van der Waals surface area contributed by atoms with Crippen molar-refractivity contribution in [2.45, 2.75) is 0 Å². The topological polar surface area (TPSA) is 126 Å². The molecule has 0 unspecified atom stereocenters. The van der Waals surface area contributed by atoms with Crippen LogP contribution in [0.15, 0.2) is 44.3 Å². The van der Waals surface area contributed by atoms with Gasteiger partial charge in [0.05, 0.1) is 0 Å². The van der Waals surface area contributed by atoms with Crippen LogP contribution < -0.4 is 16.8 Å². The number of hydrogen-bond acceptors (Lipinski definition) is 5. The molecule has 0 amide bonds. The van der Waals surface area contributed by atoms with E-state index < -0.39 is 16.8 Å². The first-order valence-corrected chi connectivity index (χ1v) is 5.95. The van der Waals surface area contributed by atoms with Crippen LogP contribution in [-0.4, -0.2) is 9.97 Å². The quantitative estimate of drug-likeness (QED) is 0.610. The first kappa shape index (κ1) is 12.6. The fourth-order valence-electron chi connectivity index (χ4n) is 2.16. The number of fused-ring (bicyclic) bond motifs is 1. The second-order valence-electron chi connectivity index (χ2n) is 4.27. The summed E-state index contributed by atoms with van der Waals surface area (Å²) in [5.74, 6) is 0. The maximum Gasteiger partial charge on any atom is 0.328 e. The molecule has 7 nitrogen and oxygen atoms in total. The minimum atomic E-state index is -0.737. The highest BCUT2D eigenvalue weighted by Gasteiger charge is 2.17. The van der Waals surface area contributed by atoms with Crippen molar-refractivity contribution < 1.29 is 4.42 Å². The highest BCUT2D eigenvalue weighted by atomic mass is 16.3. The Kier molecular flexibility index (Phi) is 2.77. The number of nitrogens with one attached hydrogen (secondary N) is 3. The third-order valence-corrected chi connectivity index (χ3v) is 3.01. The second kappa shape index (κ2) is 4.61. The molecule has 1 aromatic carbocycles. The van der Waals surface area contributed by atoms with Gasteiger partial charge in [-0.3, -0.25) is 20.2 Å². The van der Waals surface area contributed by atoms with E-state index in [0.717, 1.165) is 0 Å². The summed E-state index contributed by atoms with van der Waals surface area (Å²) in [5, 5.41) is 17.0. The maximum atomic E-state index is 12.1. The average Bonchev–Trinajstić information content (AvgIpc) is 2.46. The molecule has 0 bridgehead atoms. The lowest BCUT2D eigenvalue weighted by Gasteiger charge is -2.07. The lowest BCUT2D eigenvalue weighted by molar-refractivity contribution is 0.518. The van der Waals surface area contributed by atoms with E-state index >= 15 is 0 Å². The number of rotatable bonds is 1. The van der Waals surface area contributed by atoms with E-state index in [2.05, 4.69) is 9.97 Å². The number of aromatic amines is 2. The summed E-state index contributed by atoms with van der Waals surface area (Å²) in [4.78, 5) is 27.8. The zero-order valence-electron chi connectivity index (χ0n) is 10.6. The van der Waals surface area contributed by atoms with Crippen molar-refractivity contribution in [3.63, 3.8) is 0 Å². The fraction of sp³-hybridized carbons (Fsp3) is 0. The predicted octanol–water partition coefficient (Wildman–Crippen LogP) is 0.828. The second-order valence-corrected chi connectivity index (χ2v) is 4.27. The van der Waals surface area contributed by atoms with Gasteiger partial charge >= 0.3 is 5.69 Å². The Hall–Kier alpha value is -3.40. The minimum absolute atomic E-state index is 0.0355. The van der Waals surface area contributed by atoms with Crippen LogP contribution in [0.5, 0.6) is 0 Å². The van der Waals surface area contributed by atoms with Crippen molar-refractivity contribution in [2.75, 3.05) is 0 Å². The van der Waals surface area contributed by atoms with Crippen LogP contribution in [0.2, 0.25) is 0 Å². The maximum absolute atomic E-state index is 12.1. The third kappa shape index (κ3) is 1.95. The van der Waals surface area contributed by atoms with Gasteiger partial charge in [0.2, 0.25) is 11.3 Å². The number of nitrogens with zero attached hydrogens (tertiary/aromatic N) is 1. The highest BCUT2D eigenvalue weighted by Crippen LogP contribution is 2.26. The molecule has 0 saturated carbocycles. The molecule has 21 heavy (non-hydrogen) atoms. The molecule has 7 heteroatoms. The van der Waals surface area contributed by atoms with Crippen LogP contribution in [0.3, 0.4) is 0 Å². The Labute approximate surface area is 116 Å². The van der Waals surface area contributed by atoms with Gasteiger partial charge in [0.15, 0.2) is 0 Å². The van der Waals surface area contributed by atoms with Gasteiger partial charge < -0.3 is 4.42 Å². The van der Waals surface area contributed by atoms with Gasteiger partial charge in [-0.15, -0.1) is 0 Å². The first-order chi connectivity index (χ1) is 10.1. The Bertz CT molecular complexity index is 1050. The van der Waals surface area contributed by atoms with Crippen LogP contribution in [0.4, 0.5) is 0 Å². The number of H-pyrrole nitrogens is 2. The molecule has 2 heterocycles. The van der Waals surface area contributed by atoms with Crippen molar-refractivity contribution >= 4 is 11.1 Å². The summed E-state index contributed by atoms with van der Waals surface area (Å²) in [7, 11) is 0. The van der Waals surface area contributed by atoms with Gasteiger partial charge in [0, 0.05) is 5.56 Å². The minimum Gasteiger partial charge on any atom is -0.421 e. The van der Waals surface area contributed by atoms with E-state index in [9.17, 15) is 14.9 Å². The summed E-state index contributed by atoms with van der Waals surface area (Å²) in [6.45, 7) is 0. The molecule has 3 rings (SSSR count). The lowest BCUT2D eigenvalue weighted by atomic mass is 9.99. The molecular formula is C14H8N4O3. The predicted molar refractivity (Wildman–Crippen MR) is 73.5 cm³/mol. The van der Waals surface area contributed by atoms with Crippen molar-refractivity contribution in [1.29, 1.82) is 10.7 Å². The summed E-state index contributed by atoms with van der Waals surface area (Å²) in [6, 6.07) is 10.6. The first-order valence-electron chi connectivity index (χ1n) is 5.95. The number of aromatic nitrogens is 2. The zero-order valence-corrected chi connectivity index (χ0v) is 10.6. The molecule has 0 aliphatic heterocycles. The molecule has 0 atom stereocenters. The van der Waals surface area contributed by atoms with Crippen molar-refractivity contribution in [1.82, 2.24) is 9.97 Å². The summed E-state index contributed by atoms with van der Waals surface area (Å²) < 4.78 is 5.08. The van der Waals surface area contributed by atoms with Crippen LogP contribution in [0, 0.1) is 16.7 Å².